The van der Waals surface area contributed by atoms with E-state index in [-0.39, 0.29) is 24.4 Å². The normalized spacial score (nSPS) is 23.6. The van der Waals surface area contributed by atoms with Gasteiger partial charge in [-0.25, -0.2) is 0 Å². The Bertz CT molecular complexity index is 1150. The van der Waals surface area contributed by atoms with Crippen molar-refractivity contribution in [1.29, 1.82) is 0 Å². The number of nitrogens with zero attached hydrogens (tertiary/aromatic N) is 2. The smallest absolute Gasteiger partial charge is 0.261 e. The number of hydrogen-bond acceptors (Lipinski definition) is 4. The third-order valence-electron chi connectivity index (χ3n) is 8.33. The molecule has 2 heterocycles. The third-order valence-corrected chi connectivity index (χ3v) is 9.96. The molecule has 0 aromatic heterocycles. The molecular formula is C32H40ClN3O2S. The molecule has 3 aliphatic rings. The third kappa shape index (κ3) is 7.90. The fourth-order valence-electron chi connectivity index (χ4n) is 6.21. The van der Waals surface area contributed by atoms with E-state index in [9.17, 15) is 9.59 Å². The Kier molecular flexibility index (Phi) is 10.0. The van der Waals surface area contributed by atoms with Gasteiger partial charge in [0.25, 0.3) is 5.91 Å². The van der Waals surface area contributed by atoms with Crippen LogP contribution in [0.15, 0.2) is 59.5 Å². The van der Waals surface area contributed by atoms with Gasteiger partial charge in [-0.2, -0.15) is 0 Å². The lowest BCUT2D eigenvalue weighted by molar-refractivity contribution is -0.135. The molecule has 2 aliphatic heterocycles. The molecule has 2 saturated heterocycles. The summed E-state index contributed by atoms with van der Waals surface area (Å²) < 4.78 is 0. The first-order chi connectivity index (χ1) is 19.0. The van der Waals surface area contributed by atoms with Crippen LogP contribution in [0.2, 0.25) is 5.02 Å². The Hall–Kier alpha value is -2.28. The molecule has 1 saturated carbocycles. The van der Waals surface area contributed by atoms with Crippen molar-refractivity contribution in [3.63, 3.8) is 0 Å². The predicted molar refractivity (Wildman–Crippen MR) is 162 cm³/mol. The molecule has 2 aromatic carbocycles. The summed E-state index contributed by atoms with van der Waals surface area (Å²) >= 11 is 7.85. The van der Waals surface area contributed by atoms with Gasteiger partial charge in [-0.15, -0.1) is 11.8 Å². The van der Waals surface area contributed by atoms with Crippen molar-refractivity contribution in [1.82, 2.24) is 15.1 Å². The summed E-state index contributed by atoms with van der Waals surface area (Å²) in [6.45, 7) is 4.07. The van der Waals surface area contributed by atoms with Crippen LogP contribution in [0.5, 0.6) is 0 Å². The van der Waals surface area contributed by atoms with Gasteiger partial charge in [0.05, 0.1) is 4.91 Å². The monoisotopic (exact) mass is 565 g/mol. The van der Waals surface area contributed by atoms with Gasteiger partial charge < -0.3 is 15.1 Å². The average molecular weight is 566 g/mol. The van der Waals surface area contributed by atoms with Crippen molar-refractivity contribution in [3.8, 4) is 0 Å². The number of benzene rings is 2. The second-order valence-electron chi connectivity index (χ2n) is 11.2. The Labute approximate surface area is 242 Å². The van der Waals surface area contributed by atoms with E-state index >= 15 is 0 Å². The van der Waals surface area contributed by atoms with Gasteiger partial charge in [0.2, 0.25) is 5.91 Å². The summed E-state index contributed by atoms with van der Waals surface area (Å²) in [6, 6.07) is 18.5. The Morgan fingerprint density at radius 3 is 2.62 bits per heavy atom. The Balaban J connectivity index is 1.08. The first-order valence-corrected chi connectivity index (χ1v) is 15.8. The number of amides is 2. The fraction of sp³-hybridized carbons (Fsp3) is 0.500. The number of nitrogens with one attached hydrogen (secondary N) is 1. The molecule has 39 heavy (non-hydrogen) atoms. The zero-order valence-electron chi connectivity index (χ0n) is 22.7. The van der Waals surface area contributed by atoms with E-state index in [1.165, 1.54) is 31.2 Å². The van der Waals surface area contributed by atoms with Crippen LogP contribution in [-0.2, 0) is 16.0 Å². The van der Waals surface area contributed by atoms with Gasteiger partial charge in [0.15, 0.2) is 0 Å². The molecule has 2 aromatic rings. The van der Waals surface area contributed by atoms with Gasteiger partial charge in [0.1, 0.15) is 6.54 Å². The topological polar surface area (TPSA) is 52.7 Å². The number of carbonyl (C=O) groups is 2. The van der Waals surface area contributed by atoms with Gasteiger partial charge in [-0.3, -0.25) is 9.59 Å². The zero-order valence-corrected chi connectivity index (χ0v) is 24.3. The largest absolute Gasteiger partial charge is 0.355 e. The number of carbonyl (C=O) groups excluding carboxylic acids is 2. The van der Waals surface area contributed by atoms with Crippen LogP contribution in [0.1, 0.15) is 56.1 Å². The summed E-state index contributed by atoms with van der Waals surface area (Å²) in [4.78, 5) is 31.5. The molecule has 208 valence electrons. The molecule has 5 nitrogen and oxygen atoms in total. The Morgan fingerprint density at radius 2 is 1.82 bits per heavy atom. The number of piperidine rings is 1. The van der Waals surface area contributed by atoms with Crippen LogP contribution in [0.25, 0.3) is 6.08 Å². The molecule has 5 rings (SSSR count). The molecule has 2 unspecified atom stereocenters. The molecule has 0 spiro atoms. The molecule has 1 N–H and O–H groups in total. The number of fused-ring (bicyclic) bond motifs is 1. The first-order valence-electron chi connectivity index (χ1n) is 14.5. The minimum absolute atomic E-state index is 0.0309. The highest BCUT2D eigenvalue weighted by Gasteiger charge is 2.41. The van der Waals surface area contributed by atoms with E-state index in [0.29, 0.717) is 21.7 Å². The highest BCUT2D eigenvalue weighted by atomic mass is 35.5. The molecule has 1 aliphatic carbocycles. The van der Waals surface area contributed by atoms with Gasteiger partial charge in [-0.05, 0) is 93.4 Å². The van der Waals surface area contributed by atoms with E-state index in [4.69, 9.17) is 11.6 Å². The second kappa shape index (κ2) is 13.9. The molecule has 0 radical (unpaired) electrons. The predicted octanol–water partition coefficient (Wildman–Crippen LogP) is 6.03. The Morgan fingerprint density at radius 1 is 1.03 bits per heavy atom. The lowest BCUT2D eigenvalue weighted by Crippen LogP contribution is -2.54. The highest BCUT2D eigenvalue weighted by molar-refractivity contribution is 8.04. The van der Waals surface area contributed by atoms with E-state index in [1.807, 2.05) is 35.2 Å². The summed E-state index contributed by atoms with van der Waals surface area (Å²) in [7, 11) is 0. The van der Waals surface area contributed by atoms with Crippen molar-refractivity contribution in [2.75, 3.05) is 32.7 Å². The maximum Gasteiger partial charge on any atom is 0.261 e. The van der Waals surface area contributed by atoms with Crippen molar-refractivity contribution in [2.45, 2.75) is 62.7 Å². The van der Waals surface area contributed by atoms with Crippen LogP contribution in [0.4, 0.5) is 0 Å². The minimum Gasteiger partial charge on any atom is -0.355 e. The lowest BCUT2D eigenvalue weighted by Gasteiger charge is -2.43. The molecule has 2 atom stereocenters. The van der Waals surface area contributed by atoms with Crippen molar-refractivity contribution >= 4 is 41.3 Å². The maximum absolute atomic E-state index is 13.5. The summed E-state index contributed by atoms with van der Waals surface area (Å²) in [5.74, 6) is 0.685. The van der Waals surface area contributed by atoms with Gasteiger partial charge in [-0.1, -0.05) is 66.9 Å². The number of hydrogen-bond donors (Lipinski definition) is 1. The SMILES string of the molecule is O=C(CN1C(=O)/C(=C/c2cccc(Cl)c2)SC2CCCCC21)NCCCN1CCC(Cc2ccccc2)CC1. The van der Waals surface area contributed by atoms with Crippen molar-refractivity contribution in [2.24, 2.45) is 5.92 Å². The van der Waals surface area contributed by atoms with Crippen LogP contribution < -0.4 is 5.32 Å². The number of thioether (sulfide) groups is 1. The lowest BCUT2D eigenvalue weighted by atomic mass is 9.90. The van der Waals surface area contributed by atoms with Crippen LogP contribution in [0.3, 0.4) is 0 Å². The minimum atomic E-state index is -0.0525. The van der Waals surface area contributed by atoms with E-state index in [1.54, 1.807) is 11.8 Å². The quantitative estimate of drug-likeness (QED) is 0.298. The summed E-state index contributed by atoms with van der Waals surface area (Å²) in [5, 5.41) is 4.10. The fourth-order valence-corrected chi connectivity index (χ4v) is 7.88. The number of rotatable bonds is 9. The average Bonchev–Trinajstić information content (AvgIpc) is 2.95. The molecule has 0 bridgehead atoms. The van der Waals surface area contributed by atoms with Crippen LogP contribution in [-0.4, -0.2) is 65.6 Å². The van der Waals surface area contributed by atoms with Gasteiger partial charge in [0, 0.05) is 22.9 Å². The first kappa shape index (κ1) is 28.3. The van der Waals surface area contributed by atoms with Crippen LogP contribution in [0, 0.1) is 5.92 Å². The molecule has 7 heteroatoms. The van der Waals surface area contributed by atoms with Crippen molar-refractivity contribution in [3.05, 3.63) is 75.7 Å². The van der Waals surface area contributed by atoms with Gasteiger partial charge >= 0.3 is 0 Å². The molecular weight excluding hydrogens is 526 g/mol. The number of likely N-dealkylation sites (tertiary alicyclic amines) is 1. The molecule has 3 fully saturated rings. The maximum atomic E-state index is 13.5. The van der Waals surface area contributed by atoms with E-state index < -0.39 is 0 Å². The summed E-state index contributed by atoms with van der Waals surface area (Å²) in [6.07, 6.45) is 10.9. The highest BCUT2D eigenvalue weighted by Crippen LogP contribution is 2.42. The number of halogens is 1. The standard InChI is InChI=1S/C32H40ClN3O2S/c33-27-11-6-10-26(21-27)22-30-32(38)36(28-12-4-5-13-29(28)39-30)23-31(37)34-16-7-17-35-18-14-25(15-19-35)20-24-8-2-1-3-9-24/h1-3,6,8-11,21-22,25,28-29H,4-5,7,12-20,23H2,(H,34,37)/b30-22-. The van der Waals surface area contributed by atoms with E-state index in [0.717, 1.165) is 56.8 Å². The second-order valence-corrected chi connectivity index (χ2v) is 12.9. The van der Waals surface area contributed by atoms with E-state index in [2.05, 4.69) is 40.5 Å². The van der Waals surface area contributed by atoms with Crippen LogP contribution >= 0.6 is 23.4 Å². The summed E-state index contributed by atoms with van der Waals surface area (Å²) in [5.41, 5.74) is 2.36. The zero-order chi connectivity index (χ0) is 27.0. The van der Waals surface area contributed by atoms with Crippen molar-refractivity contribution < 1.29 is 9.59 Å². The molecule has 2 amide bonds.